The van der Waals surface area contributed by atoms with Crippen LogP contribution in [0.1, 0.15) is 48.8 Å². The van der Waals surface area contributed by atoms with Gasteiger partial charge in [0.25, 0.3) is 5.91 Å². The van der Waals surface area contributed by atoms with Crippen molar-refractivity contribution < 1.29 is 14.3 Å². The molecule has 6 rings (SSSR count). The fraction of sp³-hybridized carbons (Fsp3) is 0.333. The Kier molecular flexibility index (Phi) is 5.16. The average Bonchev–Trinajstić information content (AvgIpc) is 3.45. The lowest BCUT2D eigenvalue weighted by Crippen LogP contribution is -2.16. The van der Waals surface area contributed by atoms with Crippen LogP contribution < -0.4 is 14.8 Å². The van der Waals surface area contributed by atoms with Crippen molar-refractivity contribution in [1.29, 1.82) is 0 Å². The maximum Gasteiger partial charge on any atom is 0.274 e. The summed E-state index contributed by atoms with van der Waals surface area (Å²) >= 11 is 0. The predicted molar refractivity (Wildman–Crippen MR) is 126 cm³/mol. The van der Waals surface area contributed by atoms with Crippen LogP contribution in [0.5, 0.6) is 11.5 Å². The van der Waals surface area contributed by atoms with E-state index in [1.807, 2.05) is 36.7 Å². The lowest BCUT2D eigenvalue weighted by atomic mass is 10.1. The van der Waals surface area contributed by atoms with E-state index in [1.54, 1.807) is 29.3 Å². The van der Waals surface area contributed by atoms with Crippen LogP contribution in [0.2, 0.25) is 0 Å². The number of pyridine rings is 1. The van der Waals surface area contributed by atoms with Gasteiger partial charge in [-0.05, 0) is 55.3 Å². The van der Waals surface area contributed by atoms with Gasteiger partial charge in [0, 0.05) is 12.1 Å². The smallest absolute Gasteiger partial charge is 0.274 e. The number of rotatable bonds is 6. The highest BCUT2D eigenvalue weighted by molar-refractivity contribution is 6.04. The van der Waals surface area contributed by atoms with Gasteiger partial charge >= 0.3 is 0 Å². The lowest BCUT2D eigenvalue weighted by molar-refractivity contribution is 0.102. The number of ether oxygens (including phenoxy) is 2. The number of benzene rings is 1. The van der Waals surface area contributed by atoms with Crippen LogP contribution in [-0.4, -0.2) is 53.4 Å². The molecule has 11 heteroatoms. The van der Waals surface area contributed by atoms with E-state index in [0.29, 0.717) is 53.3 Å². The number of nitrogens with one attached hydrogen (secondary N) is 1. The van der Waals surface area contributed by atoms with Crippen molar-refractivity contribution in [1.82, 2.24) is 34.7 Å². The molecule has 3 aromatic heterocycles. The second-order valence-corrected chi connectivity index (χ2v) is 8.89. The van der Waals surface area contributed by atoms with Gasteiger partial charge in [-0.2, -0.15) is 0 Å². The summed E-state index contributed by atoms with van der Waals surface area (Å²) in [7, 11) is 0. The molecule has 0 unspecified atom stereocenters. The van der Waals surface area contributed by atoms with Crippen LogP contribution >= 0.6 is 0 Å². The first-order valence-corrected chi connectivity index (χ1v) is 11.6. The van der Waals surface area contributed by atoms with Gasteiger partial charge in [-0.1, -0.05) is 6.07 Å². The zero-order valence-electron chi connectivity index (χ0n) is 19.4. The largest absolute Gasteiger partial charge is 0.489 e. The Morgan fingerprint density at radius 2 is 2.14 bits per heavy atom. The molecule has 1 aromatic carbocycles. The number of hydrogen-bond acceptors (Lipinski definition) is 8. The van der Waals surface area contributed by atoms with Gasteiger partial charge in [-0.15, -0.1) is 5.10 Å². The molecular formula is C24H24N8O3. The molecule has 1 saturated carbocycles. The van der Waals surface area contributed by atoms with Crippen molar-refractivity contribution in [2.24, 2.45) is 0 Å². The first kappa shape index (κ1) is 21.3. The van der Waals surface area contributed by atoms with Gasteiger partial charge in [0.2, 0.25) is 0 Å². The number of carbonyl (C=O) groups is 1. The van der Waals surface area contributed by atoms with Gasteiger partial charge < -0.3 is 19.4 Å². The van der Waals surface area contributed by atoms with Crippen molar-refractivity contribution in [3.8, 4) is 28.6 Å². The van der Waals surface area contributed by atoms with E-state index in [-0.39, 0.29) is 17.7 Å². The van der Waals surface area contributed by atoms with Crippen molar-refractivity contribution in [2.75, 3.05) is 11.9 Å². The summed E-state index contributed by atoms with van der Waals surface area (Å²) in [5.74, 6) is 1.85. The lowest BCUT2D eigenvalue weighted by Gasteiger charge is -2.16. The molecule has 0 atom stereocenters. The molecule has 35 heavy (non-hydrogen) atoms. The van der Waals surface area contributed by atoms with Crippen LogP contribution in [0.4, 0.5) is 5.69 Å². The number of tetrazole rings is 1. The maximum absolute atomic E-state index is 13.3. The number of hydrogen-bond donors (Lipinski definition) is 1. The quantitative estimate of drug-likeness (QED) is 0.454. The molecule has 1 amide bonds. The first-order valence-electron chi connectivity index (χ1n) is 11.6. The van der Waals surface area contributed by atoms with E-state index in [4.69, 9.17) is 9.47 Å². The summed E-state index contributed by atoms with van der Waals surface area (Å²) in [6.07, 6.45) is 7.61. The van der Waals surface area contributed by atoms with Gasteiger partial charge in [0.1, 0.15) is 12.3 Å². The van der Waals surface area contributed by atoms with Gasteiger partial charge in [-0.3, -0.25) is 4.79 Å². The predicted octanol–water partition coefficient (Wildman–Crippen LogP) is 3.23. The minimum Gasteiger partial charge on any atom is -0.489 e. The van der Waals surface area contributed by atoms with E-state index in [9.17, 15) is 4.79 Å². The normalized spacial score (nSPS) is 14.6. The summed E-state index contributed by atoms with van der Waals surface area (Å²) in [6.45, 7) is 4.79. The monoisotopic (exact) mass is 472 g/mol. The number of para-hydroxylation sites is 1. The van der Waals surface area contributed by atoms with E-state index >= 15 is 0 Å². The van der Waals surface area contributed by atoms with Crippen molar-refractivity contribution in [3.05, 3.63) is 54.4 Å². The molecule has 2 aliphatic rings. The Bertz CT molecular complexity index is 1410. The molecule has 4 heterocycles. The van der Waals surface area contributed by atoms with Gasteiger partial charge in [0.15, 0.2) is 17.3 Å². The third-order valence-electron chi connectivity index (χ3n) is 5.90. The molecule has 0 bridgehead atoms. The van der Waals surface area contributed by atoms with E-state index in [1.165, 1.54) is 0 Å². The van der Waals surface area contributed by atoms with E-state index in [2.05, 4.69) is 30.8 Å². The van der Waals surface area contributed by atoms with E-state index in [0.717, 1.165) is 18.5 Å². The van der Waals surface area contributed by atoms with Crippen LogP contribution in [0.25, 0.3) is 17.1 Å². The number of anilines is 1. The number of amides is 1. The average molecular weight is 473 g/mol. The molecule has 1 N–H and O–H groups in total. The highest BCUT2D eigenvalue weighted by atomic mass is 16.5. The molecule has 11 nitrogen and oxygen atoms in total. The molecule has 4 aromatic rings. The second kappa shape index (κ2) is 8.49. The third-order valence-corrected chi connectivity index (χ3v) is 5.90. The summed E-state index contributed by atoms with van der Waals surface area (Å²) in [5, 5.41) is 14.8. The molecular weight excluding hydrogens is 448 g/mol. The Morgan fingerprint density at radius 3 is 2.97 bits per heavy atom. The Morgan fingerprint density at radius 1 is 1.26 bits per heavy atom. The minimum absolute atomic E-state index is 0.0462. The fourth-order valence-electron chi connectivity index (χ4n) is 4.10. The standard InChI is InChI=1S/C24H24N8O3/c1-14(2)35-21-11-25-18(10-20(21)31-12-19(26-13-31)15-6-7-15)24(33)27-17-5-3-4-16-22(17)34-9-8-32-23(16)28-29-30-32/h3-5,10-15H,6-9H2,1-2H3,(H,27,33). The summed E-state index contributed by atoms with van der Waals surface area (Å²) in [5.41, 5.74) is 3.24. The van der Waals surface area contributed by atoms with Crippen LogP contribution in [0.15, 0.2) is 43.0 Å². The summed E-state index contributed by atoms with van der Waals surface area (Å²) in [6, 6.07) is 7.19. The minimum atomic E-state index is -0.370. The van der Waals surface area contributed by atoms with E-state index < -0.39 is 0 Å². The molecule has 0 spiro atoms. The zero-order chi connectivity index (χ0) is 23.9. The van der Waals surface area contributed by atoms with Crippen LogP contribution in [0.3, 0.4) is 0 Å². The number of aromatic nitrogens is 7. The van der Waals surface area contributed by atoms with Gasteiger partial charge in [-0.25, -0.2) is 14.6 Å². The Hall–Kier alpha value is -4.28. The highest BCUT2D eigenvalue weighted by Gasteiger charge is 2.27. The van der Waals surface area contributed by atoms with Crippen LogP contribution in [-0.2, 0) is 6.54 Å². The molecule has 0 radical (unpaired) electrons. The summed E-state index contributed by atoms with van der Waals surface area (Å²) < 4.78 is 15.5. The fourth-order valence-corrected chi connectivity index (χ4v) is 4.10. The Labute approximate surface area is 201 Å². The Balaban J connectivity index is 1.33. The number of nitrogens with zero attached hydrogens (tertiary/aromatic N) is 7. The first-order chi connectivity index (χ1) is 17.1. The highest BCUT2D eigenvalue weighted by Crippen LogP contribution is 2.40. The number of fused-ring (bicyclic) bond motifs is 3. The molecule has 1 fully saturated rings. The number of carbonyl (C=O) groups excluding carboxylic acids is 1. The molecule has 1 aliphatic heterocycles. The van der Waals surface area contributed by atoms with Crippen LogP contribution in [0, 0.1) is 0 Å². The van der Waals surface area contributed by atoms with Crippen molar-refractivity contribution in [3.63, 3.8) is 0 Å². The number of imidazole rings is 1. The topological polar surface area (TPSA) is 122 Å². The molecule has 1 aliphatic carbocycles. The maximum atomic E-state index is 13.3. The molecule has 0 saturated heterocycles. The second-order valence-electron chi connectivity index (χ2n) is 8.89. The SMILES string of the molecule is CC(C)Oc1cnc(C(=O)Nc2cccc3c2OCCn2nnnc2-3)cc1-n1cnc(C2CC2)c1. The van der Waals surface area contributed by atoms with Crippen molar-refractivity contribution in [2.45, 2.75) is 45.3 Å². The summed E-state index contributed by atoms with van der Waals surface area (Å²) in [4.78, 5) is 22.2. The molecule has 178 valence electrons. The third kappa shape index (κ3) is 4.09. The van der Waals surface area contributed by atoms with Gasteiger partial charge in [0.05, 0.1) is 47.8 Å². The zero-order valence-corrected chi connectivity index (χ0v) is 19.4. The van der Waals surface area contributed by atoms with Crippen molar-refractivity contribution >= 4 is 11.6 Å².